The number of carbonyl (C=O) groups excluding carboxylic acids is 1. The summed E-state index contributed by atoms with van der Waals surface area (Å²) in [5.74, 6) is -0.549. The number of hydrogen-bond donors (Lipinski definition) is 2. The highest BCUT2D eigenvalue weighted by Crippen LogP contribution is 2.23. The van der Waals surface area contributed by atoms with Gasteiger partial charge < -0.3 is 15.3 Å². The number of amides is 1. The smallest absolute Gasteiger partial charge is 0.335 e. The van der Waals surface area contributed by atoms with Crippen molar-refractivity contribution in [2.45, 2.75) is 12.8 Å². The van der Waals surface area contributed by atoms with Gasteiger partial charge in [0.1, 0.15) is 0 Å². The molecular formula is C17H19N5O3. The summed E-state index contributed by atoms with van der Waals surface area (Å²) in [4.78, 5) is 38.0. The van der Waals surface area contributed by atoms with Crippen LogP contribution >= 0.6 is 0 Å². The number of carbonyl (C=O) groups is 2. The van der Waals surface area contributed by atoms with Crippen molar-refractivity contribution in [2.24, 2.45) is 5.92 Å². The Morgan fingerprint density at radius 3 is 2.80 bits per heavy atom. The highest BCUT2D eigenvalue weighted by molar-refractivity contribution is 5.88. The number of rotatable bonds is 4. The van der Waals surface area contributed by atoms with Crippen LogP contribution in [0, 0.1) is 5.92 Å². The molecule has 1 amide bonds. The lowest BCUT2D eigenvalue weighted by atomic mass is 9.97. The molecule has 1 aliphatic heterocycles. The zero-order valence-corrected chi connectivity index (χ0v) is 13.8. The average molecular weight is 341 g/mol. The molecule has 1 saturated heterocycles. The Morgan fingerprint density at radius 2 is 2.04 bits per heavy atom. The molecule has 130 valence electrons. The third kappa shape index (κ3) is 3.73. The molecule has 2 aromatic rings. The van der Waals surface area contributed by atoms with E-state index in [4.69, 9.17) is 5.11 Å². The Morgan fingerprint density at radius 1 is 1.24 bits per heavy atom. The van der Waals surface area contributed by atoms with E-state index in [1.807, 2.05) is 4.90 Å². The summed E-state index contributed by atoms with van der Waals surface area (Å²) in [7, 11) is 1.64. The lowest BCUT2D eigenvalue weighted by Crippen LogP contribution is -2.42. The van der Waals surface area contributed by atoms with Gasteiger partial charge in [-0.25, -0.2) is 14.8 Å². The number of aromatic carboxylic acids is 1. The third-order valence-electron chi connectivity index (χ3n) is 4.23. The first-order valence-electron chi connectivity index (χ1n) is 8.08. The predicted molar refractivity (Wildman–Crippen MR) is 91.2 cm³/mol. The molecule has 1 unspecified atom stereocenters. The average Bonchev–Trinajstić information content (AvgIpc) is 2.67. The molecule has 0 spiro atoms. The normalized spacial score (nSPS) is 17.2. The first-order valence-corrected chi connectivity index (χ1v) is 8.08. The minimum atomic E-state index is -1.01. The topological polar surface area (TPSA) is 108 Å². The van der Waals surface area contributed by atoms with Gasteiger partial charge in [-0.1, -0.05) is 0 Å². The fourth-order valence-corrected chi connectivity index (χ4v) is 2.92. The minimum Gasteiger partial charge on any atom is -0.478 e. The first-order chi connectivity index (χ1) is 12.1. The molecular weight excluding hydrogens is 322 g/mol. The van der Waals surface area contributed by atoms with Crippen LogP contribution in [0.4, 0.5) is 5.95 Å². The van der Waals surface area contributed by atoms with Gasteiger partial charge in [0.05, 0.1) is 22.9 Å². The van der Waals surface area contributed by atoms with Crippen LogP contribution in [0.3, 0.4) is 0 Å². The quantitative estimate of drug-likeness (QED) is 0.860. The molecule has 1 atom stereocenters. The van der Waals surface area contributed by atoms with Crippen molar-refractivity contribution in [3.05, 3.63) is 36.2 Å². The highest BCUT2D eigenvalue weighted by Gasteiger charge is 2.26. The maximum absolute atomic E-state index is 11.9. The van der Waals surface area contributed by atoms with Gasteiger partial charge in [-0.2, -0.15) is 0 Å². The van der Waals surface area contributed by atoms with E-state index in [1.54, 1.807) is 19.3 Å². The molecule has 1 fully saturated rings. The van der Waals surface area contributed by atoms with Crippen LogP contribution in [0.1, 0.15) is 23.2 Å². The molecule has 25 heavy (non-hydrogen) atoms. The van der Waals surface area contributed by atoms with Crippen LogP contribution in [0.5, 0.6) is 0 Å². The van der Waals surface area contributed by atoms with E-state index in [2.05, 4.69) is 20.3 Å². The van der Waals surface area contributed by atoms with Gasteiger partial charge in [-0.15, -0.1) is 0 Å². The van der Waals surface area contributed by atoms with Crippen molar-refractivity contribution in [3.63, 3.8) is 0 Å². The maximum atomic E-state index is 11.9. The predicted octanol–water partition coefficient (Wildman–Crippen LogP) is 1.20. The summed E-state index contributed by atoms with van der Waals surface area (Å²) in [6.07, 6.45) is 4.80. The largest absolute Gasteiger partial charge is 0.478 e. The van der Waals surface area contributed by atoms with E-state index < -0.39 is 5.97 Å². The van der Waals surface area contributed by atoms with Gasteiger partial charge in [0.25, 0.3) is 0 Å². The molecule has 0 radical (unpaired) electrons. The zero-order chi connectivity index (χ0) is 17.8. The van der Waals surface area contributed by atoms with Crippen molar-refractivity contribution < 1.29 is 14.7 Å². The summed E-state index contributed by atoms with van der Waals surface area (Å²) in [5, 5.41) is 11.8. The number of nitrogens with zero attached hydrogens (tertiary/aromatic N) is 4. The zero-order valence-electron chi connectivity index (χ0n) is 13.8. The van der Waals surface area contributed by atoms with Crippen molar-refractivity contribution in [1.82, 2.24) is 20.3 Å². The van der Waals surface area contributed by atoms with E-state index in [0.29, 0.717) is 23.9 Å². The molecule has 3 rings (SSSR count). The van der Waals surface area contributed by atoms with Crippen LogP contribution in [0.15, 0.2) is 30.6 Å². The van der Waals surface area contributed by atoms with E-state index in [-0.39, 0.29) is 17.4 Å². The molecule has 1 aliphatic rings. The molecule has 0 aliphatic carbocycles. The number of anilines is 1. The molecule has 2 N–H and O–H groups in total. The number of pyridine rings is 1. The van der Waals surface area contributed by atoms with Gasteiger partial charge in [0.15, 0.2) is 0 Å². The highest BCUT2D eigenvalue weighted by atomic mass is 16.4. The molecule has 8 nitrogen and oxygen atoms in total. The number of nitrogens with one attached hydrogen (secondary N) is 1. The van der Waals surface area contributed by atoms with Gasteiger partial charge in [0.2, 0.25) is 11.9 Å². The van der Waals surface area contributed by atoms with Crippen molar-refractivity contribution in [2.75, 3.05) is 25.0 Å². The van der Waals surface area contributed by atoms with Crippen molar-refractivity contribution in [3.8, 4) is 11.4 Å². The number of carboxylic acid groups (broad SMARTS) is 1. The monoisotopic (exact) mass is 341 g/mol. The Labute approximate surface area is 144 Å². The first kappa shape index (κ1) is 16.8. The second-order valence-electron chi connectivity index (χ2n) is 5.88. The van der Waals surface area contributed by atoms with E-state index >= 15 is 0 Å². The van der Waals surface area contributed by atoms with Gasteiger partial charge in [-0.3, -0.25) is 9.78 Å². The summed E-state index contributed by atoms with van der Waals surface area (Å²) in [6, 6.07) is 4.61. The van der Waals surface area contributed by atoms with Crippen LogP contribution < -0.4 is 10.2 Å². The summed E-state index contributed by atoms with van der Waals surface area (Å²) < 4.78 is 0. The van der Waals surface area contributed by atoms with Gasteiger partial charge >= 0.3 is 5.97 Å². The Balaban J connectivity index is 1.85. The molecule has 0 aromatic carbocycles. The molecule has 2 aromatic heterocycles. The fourth-order valence-electron chi connectivity index (χ4n) is 2.92. The molecule has 0 bridgehead atoms. The number of aromatic nitrogens is 3. The second-order valence-corrected chi connectivity index (χ2v) is 5.88. The summed E-state index contributed by atoms with van der Waals surface area (Å²) >= 11 is 0. The standard InChI is InChI=1S/C17H19N5O3/c1-18-15(23)12-3-2-8-22(10-12)17-20-7-5-13(21-17)14-9-11(16(24)25)4-6-19-14/h4-7,9,12H,2-3,8,10H2,1H3,(H,18,23)(H,24,25). The Kier molecular flexibility index (Phi) is 4.87. The number of hydrogen-bond acceptors (Lipinski definition) is 6. The summed E-state index contributed by atoms with van der Waals surface area (Å²) in [5.41, 5.74) is 1.18. The van der Waals surface area contributed by atoms with Crippen LogP contribution in [0.25, 0.3) is 11.4 Å². The van der Waals surface area contributed by atoms with Gasteiger partial charge in [0, 0.05) is 32.5 Å². The van der Waals surface area contributed by atoms with Crippen LogP contribution in [-0.2, 0) is 4.79 Å². The second kappa shape index (κ2) is 7.25. The van der Waals surface area contributed by atoms with Crippen molar-refractivity contribution >= 4 is 17.8 Å². The third-order valence-corrected chi connectivity index (χ3v) is 4.23. The minimum absolute atomic E-state index is 0.0247. The molecule has 3 heterocycles. The maximum Gasteiger partial charge on any atom is 0.335 e. The number of carboxylic acids is 1. The van der Waals surface area contributed by atoms with Gasteiger partial charge in [-0.05, 0) is 31.0 Å². The van der Waals surface area contributed by atoms with E-state index in [1.165, 1.54) is 18.3 Å². The fraction of sp³-hybridized carbons (Fsp3) is 0.353. The van der Waals surface area contributed by atoms with Crippen LogP contribution in [0.2, 0.25) is 0 Å². The Hall–Kier alpha value is -3.03. The number of piperidine rings is 1. The molecule has 0 saturated carbocycles. The van der Waals surface area contributed by atoms with E-state index in [9.17, 15) is 9.59 Å². The molecule has 8 heteroatoms. The SMILES string of the molecule is CNC(=O)C1CCCN(c2nccc(-c3cc(C(=O)O)ccn3)n2)C1. The Bertz CT molecular complexity index is 795. The lowest BCUT2D eigenvalue weighted by Gasteiger charge is -2.31. The van der Waals surface area contributed by atoms with E-state index in [0.717, 1.165) is 19.4 Å². The van der Waals surface area contributed by atoms with Crippen LogP contribution in [-0.4, -0.2) is 52.1 Å². The lowest BCUT2D eigenvalue weighted by molar-refractivity contribution is -0.124. The van der Waals surface area contributed by atoms with Crippen molar-refractivity contribution in [1.29, 1.82) is 0 Å². The summed E-state index contributed by atoms with van der Waals surface area (Å²) in [6.45, 7) is 1.34.